The van der Waals surface area contributed by atoms with Crippen LogP contribution in [0, 0.1) is 17.2 Å². The highest BCUT2D eigenvalue weighted by atomic mass is 16.5. The van der Waals surface area contributed by atoms with E-state index in [-0.39, 0.29) is 0 Å². The van der Waals surface area contributed by atoms with Crippen molar-refractivity contribution >= 4 is 16.6 Å². The zero-order chi connectivity index (χ0) is 14.7. The first-order valence-electron chi connectivity index (χ1n) is 6.66. The Labute approximate surface area is 119 Å². The summed E-state index contributed by atoms with van der Waals surface area (Å²) in [7, 11) is 3.86. The molecule has 1 heterocycles. The lowest BCUT2D eigenvalue weighted by atomic mass is 10.1. The van der Waals surface area contributed by atoms with E-state index in [0.717, 1.165) is 22.3 Å². The Morgan fingerprint density at radius 1 is 1.35 bits per heavy atom. The lowest BCUT2D eigenvalue weighted by Gasteiger charge is -2.17. The van der Waals surface area contributed by atoms with Crippen LogP contribution in [0.25, 0.3) is 10.9 Å². The predicted octanol–water partition coefficient (Wildman–Crippen LogP) is 3.21. The summed E-state index contributed by atoms with van der Waals surface area (Å²) in [5.74, 6) is 1.29. The van der Waals surface area contributed by atoms with Crippen molar-refractivity contribution < 1.29 is 4.74 Å². The van der Waals surface area contributed by atoms with Gasteiger partial charge in [-0.2, -0.15) is 5.26 Å². The van der Waals surface area contributed by atoms with Gasteiger partial charge in [-0.3, -0.25) is 4.98 Å². The first-order chi connectivity index (χ1) is 9.52. The fourth-order valence-electron chi connectivity index (χ4n) is 2.07. The number of aromatic nitrogens is 1. The molecular formula is C16H19N3O. The lowest BCUT2D eigenvalue weighted by Crippen LogP contribution is -2.11. The third kappa shape index (κ3) is 2.83. The SMILES string of the molecule is CC(C)COc1ccc2ncc(C#N)c(N(C)C)c2c1. The molecule has 0 N–H and O–H groups in total. The summed E-state index contributed by atoms with van der Waals surface area (Å²) in [6.45, 7) is 4.90. The maximum absolute atomic E-state index is 9.22. The van der Waals surface area contributed by atoms with E-state index < -0.39 is 0 Å². The molecule has 0 aliphatic heterocycles. The van der Waals surface area contributed by atoms with Crippen LogP contribution in [0.4, 0.5) is 5.69 Å². The Morgan fingerprint density at radius 3 is 2.70 bits per heavy atom. The molecule has 104 valence electrons. The average Bonchev–Trinajstić information content (AvgIpc) is 2.43. The second kappa shape index (κ2) is 5.79. The molecule has 2 aromatic rings. The van der Waals surface area contributed by atoms with Crippen LogP contribution in [0.5, 0.6) is 5.75 Å². The number of anilines is 1. The standard InChI is InChI=1S/C16H19N3O/c1-11(2)10-20-13-5-6-15-14(7-13)16(19(3)4)12(8-17)9-18-15/h5-7,9,11H,10H2,1-4H3. The molecule has 0 bridgehead atoms. The van der Waals surface area contributed by atoms with Gasteiger partial charge in [0.05, 0.1) is 23.4 Å². The number of fused-ring (bicyclic) bond motifs is 1. The lowest BCUT2D eigenvalue weighted by molar-refractivity contribution is 0.271. The molecule has 0 unspecified atom stereocenters. The van der Waals surface area contributed by atoms with Gasteiger partial charge in [0.25, 0.3) is 0 Å². The Bertz CT molecular complexity index is 657. The summed E-state index contributed by atoms with van der Waals surface area (Å²) < 4.78 is 5.75. The highest BCUT2D eigenvalue weighted by molar-refractivity contribution is 5.95. The van der Waals surface area contributed by atoms with Crippen LogP contribution in [0.3, 0.4) is 0 Å². The van der Waals surface area contributed by atoms with Crippen molar-refractivity contribution in [2.45, 2.75) is 13.8 Å². The highest BCUT2D eigenvalue weighted by Crippen LogP contribution is 2.30. The van der Waals surface area contributed by atoms with Crippen molar-refractivity contribution in [1.82, 2.24) is 4.98 Å². The van der Waals surface area contributed by atoms with Gasteiger partial charge in [-0.05, 0) is 24.1 Å². The fourth-order valence-corrected chi connectivity index (χ4v) is 2.07. The van der Waals surface area contributed by atoms with Gasteiger partial charge in [-0.1, -0.05) is 13.8 Å². The predicted molar refractivity (Wildman–Crippen MR) is 81.1 cm³/mol. The van der Waals surface area contributed by atoms with Gasteiger partial charge in [0.15, 0.2) is 0 Å². The van der Waals surface area contributed by atoms with Gasteiger partial charge in [0.1, 0.15) is 11.8 Å². The summed E-state index contributed by atoms with van der Waals surface area (Å²) >= 11 is 0. The number of hydrogen-bond acceptors (Lipinski definition) is 4. The summed E-state index contributed by atoms with van der Waals surface area (Å²) in [6, 6.07) is 8.00. The first-order valence-corrected chi connectivity index (χ1v) is 6.66. The van der Waals surface area contributed by atoms with Gasteiger partial charge >= 0.3 is 0 Å². The van der Waals surface area contributed by atoms with Crippen molar-refractivity contribution in [3.05, 3.63) is 30.0 Å². The molecule has 0 aliphatic rings. The Hall–Kier alpha value is -2.28. The number of nitriles is 1. The minimum absolute atomic E-state index is 0.475. The van der Waals surface area contributed by atoms with E-state index in [4.69, 9.17) is 4.74 Å². The van der Waals surface area contributed by atoms with E-state index in [0.29, 0.717) is 18.1 Å². The number of hydrogen-bond donors (Lipinski definition) is 0. The van der Waals surface area contributed by atoms with Gasteiger partial charge in [0, 0.05) is 25.7 Å². The summed E-state index contributed by atoms with van der Waals surface area (Å²) in [5, 5.41) is 10.2. The van der Waals surface area contributed by atoms with Gasteiger partial charge in [0.2, 0.25) is 0 Å². The number of rotatable bonds is 4. The Morgan fingerprint density at radius 2 is 2.10 bits per heavy atom. The molecule has 1 aromatic carbocycles. The monoisotopic (exact) mass is 269 g/mol. The van der Waals surface area contributed by atoms with Crippen molar-refractivity contribution in [1.29, 1.82) is 5.26 Å². The molecule has 0 saturated heterocycles. The largest absolute Gasteiger partial charge is 0.493 e. The Balaban J connectivity index is 2.53. The van der Waals surface area contributed by atoms with Crippen LogP contribution in [-0.2, 0) is 0 Å². The van der Waals surface area contributed by atoms with E-state index in [1.165, 1.54) is 0 Å². The Kier molecular flexibility index (Phi) is 4.09. The molecule has 0 atom stereocenters. The maximum Gasteiger partial charge on any atom is 0.120 e. The van der Waals surface area contributed by atoms with Crippen LogP contribution < -0.4 is 9.64 Å². The second-order valence-corrected chi connectivity index (χ2v) is 5.41. The van der Waals surface area contributed by atoms with Crippen LogP contribution >= 0.6 is 0 Å². The molecule has 4 heteroatoms. The molecule has 0 amide bonds. The highest BCUT2D eigenvalue weighted by Gasteiger charge is 2.11. The summed E-state index contributed by atoms with van der Waals surface area (Å²) in [5.41, 5.74) is 2.32. The van der Waals surface area contributed by atoms with Crippen LogP contribution in [0.1, 0.15) is 19.4 Å². The number of ether oxygens (including phenoxy) is 1. The first kappa shape index (κ1) is 14.1. The van der Waals surface area contributed by atoms with E-state index in [9.17, 15) is 5.26 Å². The van der Waals surface area contributed by atoms with Crippen molar-refractivity contribution in [3.8, 4) is 11.8 Å². The van der Waals surface area contributed by atoms with Crippen molar-refractivity contribution in [2.24, 2.45) is 5.92 Å². The molecule has 0 fully saturated rings. The minimum atomic E-state index is 0.475. The maximum atomic E-state index is 9.22. The summed E-state index contributed by atoms with van der Waals surface area (Å²) in [4.78, 5) is 6.27. The smallest absolute Gasteiger partial charge is 0.120 e. The topological polar surface area (TPSA) is 49.1 Å². The normalized spacial score (nSPS) is 10.6. The van der Waals surface area contributed by atoms with E-state index in [1.54, 1.807) is 6.20 Å². The zero-order valence-electron chi connectivity index (χ0n) is 12.3. The number of nitrogens with zero attached hydrogens (tertiary/aromatic N) is 3. The third-order valence-corrected chi connectivity index (χ3v) is 2.96. The van der Waals surface area contributed by atoms with Crippen LogP contribution in [0.15, 0.2) is 24.4 Å². The molecule has 1 aromatic heterocycles. The number of pyridine rings is 1. The molecule has 0 aliphatic carbocycles. The zero-order valence-corrected chi connectivity index (χ0v) is 12.3. The van der Waals surface area contributed by atoms with E-state index in [2.05, 4.69) is 24.9 Å². The molecule has 0 spiro atoms. The molecule has 0 saturated carbocycles. The third-order valence-electron chi connectivity index (χ3n) is 2.96. The van der Waals surface area contributed by atoms with Crippen LogP contribution in [-0.4, -0.2) is 25.7 Å². The van der Waals surface area contributed by atoms with Gasteiger partial charge in [-0.25, -0.2) is 0 Å². The van der Waals surface area contributed by atoms with Gasteiger partial charge in [-0.15, -0.1) is 0 Å². The molecule has 0 radical (unpaired) electrons. The molecule has 4 nitrogen and oxygen atoms in total. The van der Waals surface area contributed by atoms with E-state index >= 15 is 0 Å². The molecule has 20 heavy (non-hydrogen) atoms. The average molecular weight is 269 g/mol. The summed E-state index contributed by atoms with van der Waals surface area (Å²) in [6.07, 6.45) is 1.62. The van der Waals surface area contributed by atoms with Gasteiger partial charge < -0.3 is 9.64 Å². The fraction of sp³-hybridized carbons (Fsp3) is 0.375. The quantitative estimate of drug-likeness (QED) is 0.855. The minimum Gasteiger partial charge on any atom is -0.493 e. The van der Waals surface area contributed by atoms with Crippen LogP contribution in [0.2, 0.25) is 0 Å². The second-order valence-electron chi connectivity index (χ2n) is 5.41. The van der Waals surface area contributed by atoms with Crippen molar-refractivity contribution in [3.63, 3.8) is 0 Å². The van der Waals surface area contributed by atoms with E-state index in [1.807, 2.05) is 37.2 Å². The number of benzene rings is 1. The molecule has 2 rings (SSSR count). The molecular weight excluding hydrogens is 250 g/mol. The van der Waals surface area contributed by atoms with Crippen molar-refractivity contribution in [2.75, 3.05) is 25.6 Å².